The summed E-state index contributed by atoms with van der Waals surface area (Å²) in [5, 5.41) is 13.6. The molecule has 1 atom stereocenters. The quantitative estimate of drug-likeness (QED) is 0.721. The van der Waals surface area contributed by atoms with E-state index in [1.165, 1.54) is 10.7 Å². The molecule has 0 radical (unpaired) electrons. The Labute approximate surface area is 131 Å². The highest BCUT2D eigenvalue weighted by Gasteiger charge is 2.26. The maximum atomic E-state index is 11.9. The second kappa shape index (κ2) is 6.42. The van der Waals surface area contributed by atoms with Crippen LogP contribution in [0.2, 0.25) is 0 Å². The molecule has 1 fully saturated rings. The fraction of sp³-hybridized carbons (Fsp3) is 0.357. The van der Waals surface area contributed by atoms with Crippen molar-refractivity contribution in [2.75, 3.05) is 6.54 Å². The molecule has 1 aliphatic heterocycles. The molecule has 9 heteroatoms. The molecule has 1 aliphatic rings. The molecule has 23 heavy (non-hydrogen) atoms. The molecule has 1 saturated heterocycles. The largest absolute Gasteiger partial charge is 0.352 e. The predicted octanol–water partition coefficient (Wildman–Crippen LogP) is -1.18. The Morgan fingerprint density at radius 3 is 2.96 bits per heavy atom. The summed E-state index contributed by atoms with van der Waals surface area (Å²) in [5.74, 6) is 0.158. The average Bonchev–Trinajstić information content (AvgIpc) is 3.20. The number of hydrogen-bond acceptors (Lipinski definition) is 5. The van der Waals surface area contributed by atoms with Gasteiger partial charge in [-0.15, -0.1) is 5.10 Å². The maximum Gasteiger partial charge on any atom is 0.266 e. The standard InChI is InChI=1S/C14H16N6O3/c21-12-4-2-10(17-12)14(23)15-7-9-20-13(22)5-3-11(18-20)19-8-1-6-16-19/h1,3,5-6,8,10H,2,4,7,9H2,(H,15,23)(H,17,21). The van der Waals surface area contributed by atoms with Crippen LogP contribution in [-0.2, 0) is 16.1 Å². The fourth-order valence-electron chi connectivity index (χ4n) is 2.34. The van der Waals surface area contributed by atoms with Crippen molar-refractivity contribution in [3.8, 4) is 5.82 Å². The Balaban J connectivity index is 1.60. The molecule has 0 aliphatic carbocycles. The monoisotopic (exact) mass is 316 g/mol. The maximum absolute atomic E-state index is 11.9. The van der Waals surface area contributed by atoms with E-state index >= 15 is 0 Å². The highest BCUT2D eigenvalue weighted by atomic mass is 16.2. The van der Waals surface area contributed by atoms with E-state index in [1.807, 2.05) is 0 Å². The van der Waals surface area contributed by atoms with E-state index < -0.39 is 6.04 Å². The van der Waals surface area contributed by atoms with Gasteiger partial charge in [-0.2, -0.15) is 5.10 Å². The second-order valence-corrected chi connectivity index (χ2v) is 5.15. The lowest BCUT2D eigenvalue weighted by Gasteiger charge is -2.11. The fourth-order valence-corrected chi connectivity index (χ4v) is 2.34. The molecule has 3 rings (SSSR count). The first kappa shape index (κ1) is 14.9. The van der Waals surface area contributed by atoms with Gasteiger partial charge < -0.3 is 10.6 Å². The Morgan fingerprint density at radius 1 is 1.39 bits per heavy atom. The number of nitrogens with zero attached hydrogens (tertiary/aromatic N) is 4. The van der Waals surface area contributed by atoms with Crippen LogP contribution in [0.15, 0.2) is 35.4 Å². The zero-order valence-corrected chi connectivity index (χ0v) is 12.3. The number of carbonyl (C=O) groups is 2. The summed E-state index contributed by atoms with van der Waals surface area (Å²) in [5.41, 5.74) is -0.260. The van der Waals surface area contributed by atoms with Crippen molar-refractivity contribution in [3.05, 3.63) is 40.9 Å². The van der Waals surface area contributed by atoms with E-state index in [4.69, 9.17) is 0 Å². The van der Waals surface area contributed by atoms with Crippen molar-refractivity contribution in [2.45, 2.75) is 25.4 Å². The second-order valence-electron chi connectivity index (χ2n) is 5.15. The summed E-state index contributed by atoms with van der Waals surface area (Å²) in [6.45, 7) is 0.487. The van der Waals surface area contributed by atoms with Crippen molar-refractivity contribution in [3.63, 3.8) is 0 Å². The molecule has 0 bridgehead atoms. The number of aromatic nitrogens is 4. The lowest BCUT2D eigenvalue weighted by atomic mass is 10.2. The van der Waals surface area contributed by atoms with Gasteiger partial charge in [0.1, 0.15) is 6.04 Å². The smallest absolute Gasteiger partial charge is 0.266 e. The highest BCUT2D eigenvalue weighted by molar-refractivity contribution is 5.90. The molecule has 120 valence electrons. The van der Waals surface area contributed by atoms with Gasteiger partial charge in [0.25, 0.3) is 5.56 Å². The van der Waals surface area contributed by atoms with Gasteiger partial charge in [-0.1, -0.05) is 0 Å². The van der Waals surface area contributed by atoms with E-state index in [-0.39, 0.29) is 30.5 Å². The van der Waals surface area contributed by atoms with Crippen LogP contribution in [0, 0.1) is 0 Å². The minimum atomic E-state index is -0.484. The van der Waals surface area contributed by atoms with Crippen LogP contribution in [0.3, 0.4) is 0 Å². The third kappa shape index (κ3) is 3.44. The first-order chi connectivity index (χ1) is 11.1. The number of rotatable bonds is 5. The molecule has 0 aromatic carbocycles. The van der Waals surface area contributed by atoms with Crippen molar-refractivity contribution in [2.24, 2.45) is 0 Å². The summed E-state index contributed by atoms with van der Waals surface area (Å²) in [6, 6.07) is 4.26. The third-order valence-electron chi connectivity index (χ3n) is 3.53. The predicted molar refractivity (Wildman–Crippen MR) is 79.8 cm³/mol. The molecule has 2 amide bonds. The van der Waals surface area contributed by atoms with Crippen LogP contribution in [0.1, 0.15) is 12.8 Å². The molecule has 2 aromatic rings. The zero-order valence-electron chi connectivity index (χ0n) is 12.3. The van der Waals surface area contributed by atoms with Gasteiger partial charge in [-0.3, -0.25) is 14.4 Å². The van der Waals surface area contributed by atoms with Crippen LogP contribution in [0.4, 0.5) is 0 Å². The first-order valence-electron chi connectivity index (χ1n) is 7.29. The van der Waals surface area contributed by atoms with Crippen LogP contribution in [0.25, 0.3) is 5.82 Å². The summed E-state index contributed by atoms with van der Waals surface area (Å²) in [4.78, 5) is 34.8. The minimum absolute atomic E-state index is 0.116. The molecule has 3 heterocycles. The van der Waals surface area contributed by atoms with Crippen molar-refractivity contribution in [1.82, 2.24) is 30.2 Å². The lowest BCUT2D eigenvalue weighted by molar-refractivity contribution is -0.125. The average molecular weight is 316 g/mol. The van der Waals surface area contributed by atoms with Gasteiger partial charge in [-0.25, -0.2) is 9.36 Å². The Bertz CT molecular complexity index is 767. The van der Waals surface area contributed by atoms with Crippen molar-refractivity contribution >= 4 is 11.8 Å². The molecule has 2 aromatic heterocycles. The normalized spacial score (nSPS) is 17.0. The number of carbonyl (C=O) groups excluding carboxylic acids is 2. The van der Waals surface area contributed by atoms with Gasteiger partial charge in [0.15, 0.2) is 5.82 Å². The Kier molecular flexibility index (Phi) is 4.18. The van der Waals surface area contributed by atoms with E-state index in [2.05, 4.69) is 20.8 Å². The van der Waals surface area contributed by atoms with Gasteiger partial charge in [-0.05, 0) is 18.6 Å². The molecule has 0 saturated carbocycles. The minimum Gasteiger partial charge on any atom is -0.352 e. The number of amides is 2. The number of nitrogens with one attached hydrogen (secondary N) is 2. The topological polar surface area (TPSA) is 111 Å². The Morgan fingerprint density at radius 2 is 2.26 bits per heavy atom. The highest BCUT2D eigenvalue weighted by Crippen LogP contribution is 2.05. The van der Waals surface area contributed by atoms with Crippen LogP contribution in [-0.4, -0.2) is 44.0 Å². The summed E-state index contributed by atoms with van der Waals surface area (Å²) < 4.78 is 2.81. The van der Waals surface area contributed by atoms with E-state index in [0.717, 1.165) is 0 Å². The van der Waals surface area contributed by atoms with Crippen LogP contribution >= 0.6 is 0 Å². The molecular weight excluding hydrogens is 300 g/mol. The van der Waals surface area contributed by atoms with E-state index in [9.17, 15) is 14.4 Å². The summed E-state index contributed by atoms with van der Waals surface area (Å²) >= 11 is 0. The SMILES string of the molecule is O=C1CCC(C(=O)NCCn2nc(-n3cccn3)ccc2=O)N1. The lowest BCUT2D eigenvalue weighted by Crippen LogP contribution is -2.43. The molecule has 2 N–H and O–H groups in total. The first-order valence-corrected chi connectivity index (χ1v) is 7.29. The molecule has 0 spiro atoms. The van der Waals surface area contributed by atoms with Gasteiger partial charge in [0.05, 0.1) is 6.54 Å². The van der Waals surface area contributed by atoms with Crippen LogP contribution in [0.5, 0.6) is 0 Å². The van der Waals surface area contributed by atoms with E-state index in [0.29, 0.717) is 18.7 Å². The van der Waals surface area contributed by atoms with Gasteiger partial charge in [0, 0.05) is 31.4 Å². The summed E-state index contributed by atoms with van der Waals surface area (Å²) in [7, 11) is 0. The zero-order chi connectivity index (χ0) is 16.2. The third-order valence-corrected chi connectivity index (χ3v) is 3.53. The molecule has 9 nitrogen and oxygen atoms in total. The van der Waals surface area contributed by atoms with E-state index in [1.54, 1.807) is 29.2 Å². The van der Waals surface area contributed by atoms with Crippen molar-refractivity contribution in [1.29, 1.82) is 0 Å². The van der Waals surface area contributed by atoms with Crippen molar-refractivity contribution < 1.29 is 9.59 Å². The van der Waals surface area contributed by atoms with Gasteiger partial charge in [0.2, 0.25) is 11.8 Å². The molecule has 1 unspecified atom stereocenters. The summed E-state index contributed by atoms with van der Waals surface area (Å²) in [6.07, 6.45) is 4.21. The Hall–Kier alpha value is -2.97. The van der Waals surface area contributed by atoms with Gasteiger partial charge >= 0.3 is 0 Å². The number of hydrogen-bond donors (Lipinski definition) is 2. The van der Waals surface area contributed by atoms with Crippen LogP contribution < -0.4 is 16.2 Å². The molecular formula is C14H16N6O3.